The van der Waals surface area contributed by atoms with Gasteiger partial charge in [0.25, 0.3) is 0 Å². The maximum Gasteiger partial charge on any atom is 0.319 e. The number of rotatable bonds is 3. The summed E-state index contributed by atoms with van der Waals surface area (Å²) in [5.41, 5.74) is 1.91. The minimum atomic E-state index is -0.156. The predicted octanol–water partition coefficient (Wildman–Crippen LogP) is 3.68. The number of halogens is 1. The number of benzene rings is 1. The predicted molar refractivity (Wildman–Crippen MR) is 70.8 cm³/mol. The number of urea groups is 1. The van der Waals surface area contributed by atoms with Crippen LogP contribution in [0.25, 0.3) is 0 Å². The fourth-order valence-corrected chi connectivity index (χ4v) is 1.46. The topological polar surface area (TPSA) is 41.1 Å². The van der Waals surface area contributed by atoms with E-state index in [4.69, 9.17) is 0 Å². The molecule has 4 heteroatoms. The molecule has 0 aliphatic rings. The molecule has 1 aromatic carbocycles. The Balaban J connectivity index is 2.59. The Kier molecular flexibility index (Phi) is 4.80. The first-order valence-electron chi connectivity index (χ1n) is 5.36. The van der Waals surface area contributed by atoms with Crippen LogP contribution in [-0.4, -0.2) is 12.1 Å². The van der Waals surface area contributed by atoms with Gasteiger partial charge in [0.15, 0.2) is 0 Å². The van der Waals surface area contributed by atoms with Crippen LogP contribution in [-0.2, 0) is 0 Å². The van der Waals surface area contributed by atoms with Crippen LogP contribution in [0.4, 0.5) is 10.5 Å². The molecule has 1 atom stereocenters. The molecular formula is C12H17BrN2O. The molecule has 88 valence electrons. The first-order chi connectivity index (χ1) is 7.52. The molecule has 1 unspecified atom stereocenters. The van der Waals surface area contributed by atoms with Crippen molar-refractivity contribution in [1.82, 2.24) is 5.32 Å². The smallest absolute Gasteiger partial charge is 0.319 e. The van der Waals surface area contributed by atoms with Crippen molar-refractivity contribution in [3.63, 3.8) is 0 Å². The zero-order valence-electron chi connectivity index (χ0n) is 9.80. The van der Waals surface area contributed by atoms with E-state index in [-0.39, 0.29) is 12.1 Å². The highest BCUT2D eigenvalue weighted by atomic mass is 79.9. The van der Waals surface area contributed by atoms with Gasteiger partial charge in [-0.1, -0.05) is 22.9 Å². The summed E-state index contributed by atoms with van der Waals surface area (Å²) in [6.07, 6.45) is 0.923. The van der Waals surface area contributed by atoms with Crippen molar-refractivity contribution in [3.05, 3.63) is 28.2 Å². The lowest BCUT2D eigenvalue weighted by atomic mass is 10.2. The summed E-state index contributed by atoms with van der Waals surface area (Å²) in [4.78, 5) is 11.5. The molecule has 2 amide bonds. The number of anilines is 1. The number of hydrogen-bond acceptors (Lipinski definition) is 1. The number of nitrogens with one attached hydrogen (secondary N) is 2. The Morgan fingerprint density at radius 3 is 2.75 bits per heavy atom. The van der Waals surface area contributed by atoms with Crippen LogP contribution in [0.5, 0.6) is 0 Å². The van der Waals surface area contributed by atoms with Crippen molar-refractivity contribution in [2.45, 2.75) is 33.2 Å². The molecule has 0 radical (unpaired) electrons. The molecule has 0 heterocycles. The van der Waals surface area contributed by atoms with Gasteiger partial charge in [0.2, 0.25) is 0 Å². The third-order valence-corrected chi connectivity index (χ3v) is 3.30. The van der Waals surface area contributed by atoms with E-state index in [0.29, 0.717) is 0 Å². The lowest BCUT2D eigenvalue weighted by molar-refractivity contribution is 0.249. The van der Waals surface area contributed by atoms with Gasteiger partial charge in [-0.05, 0) is 44.0 Å². The van der Waals surface area contributed by atoms with Gasteiger partial charge in [0, 0.05) is 16.2 Å². The van der Waals surface area contributed by atoms with Crippen LogP contribution in [0.15, 0.2) is 22.7 Å². The molecule has 0 aromatic heterocycles. The fraction of sp³-hybridized carbons (Fsp3) is 0.417. The van der Waals surface area contributed by atoms with E-state index in [1.54, 1.807) is 0 Å². The van der Waals surface area contributed by atoms with Crippen molar-refractivity contribution in [1.29, 1.82) is 0 Å². The van der Waals surface area contributed by atoms with Crippen LogP contribution in [0.3, 0.4) is 0 Å². The summed E-state index contributed by atoms with van der Waals surface area (Å²) in [6.45, 7) is 6.00. The number of hydrogen-bond donors (Lipinski definition) is 2. The summed E-state index contributed by atoms with van der Waals surface area (Å²) < 4.78 is 1.04. The molecule has 1 rings (SSSR count). The molecule has 0 spiro atoms. The number of amides is 2. The minimum absolute atomic E-state index is 0.156. The lowest BCUT2D eigenvalue weighted by Gasteiger charge is -2.13. The zero-order valence-corrected chi connectivity index (χ0v) is 11.4. The molecule has 3 nitrogen and oxygen atoms in total. The van der Waals surface area contributed by atoms with Crippen molar-refractivity contribution in [2.75, 3.05) is 5.32 Å². The Bertz CT molecular complexity index is 379. The Hall–Kier alpha value is -1.03. The van der Waals surface area contributed by atoms with E-state index in [9.17, 15) is 4.79 Å². The summed E-state index contributed by atoms with van der Waals surface area (Å²) in [5, 5.41) is 5.65. The second-order valence-electron chi connectivity index (χ2n) is 3.87. The largest absolute Gasteiger partial charge is 0.335 e. The molecule has 0 aliphatic carbocycles. The van der Waals surface area contributed by atoms with Gasteiger partial charge in [0.1, 0.15) is 0 Å². The van der Waals surface area contributed by atoms with E-state index in [1.165, 1.54) is 0 Å². The maximum atomic E-state index is 11.5. The highest BCUT2D eigenvalue weighted by Gasteiger charge is 2.05. The van der Waals surface area contributed by atoms with Crippen LogP contribution < -0.4 is 10.6 Å². The van der Waals surface area contributed by atoms with Gasteiger partial charge in [-0.25, -0.2) is 4.79 Å². The number of aryl methyl sites for hydroxylation is 1. The van der Waals surface area contributed by atoms with E-state index >= 15 is 0 Å². The van der Waals surface area contributed by atoms with Gasteiger partial charge < -0.3 is 10.6 Å². The number of carbonyl (C=O) groups excluding carboxylic acids is 1. The van der Waals surface area contributed by atoms with Crippen molar-refractivity contribution in [3.8, 4) is 0 Å². The summed E-state index contributed by atoms with van der Waals surface area (Å²) in [6, 6.07) is 5.76. The van der Waals surface area contributed by atoms with Crippen LogP contribution in [0.1, 0.15) is 25.8 Å². The quantitative estimate of drug-likeness (QED) is 0.874. The monoisotopic (exact) mass is 284 g/mol. The van der Waals surface area contributed by atoms with Crippen LogP contribution in [0.2, 0.25) is 0 Å². The van der Waals surface area contributed by atoms with Crippen molar-refractivity contribution < 1.29 is 4.79 Å². The van der Waals surface area contributed by atoms with E-state index < -0.39 is 0 Å². The summed E-state index contributed by atoms with van der Waals surface area (Å²) >= 11 is 3.42. The Morgan fingerprint density at radius 1 is 1.50 bits per heavy atom. The Morgan fingerprint density at radius 2 is 2.19 bits per heavy atom. The third-order valence-electron chi connectivity index (χ3n) is 2.41. The van der Waals surface area contributed by atoms with Crippen molar-refractivity contribution in [2.24, 2.45) is 0 Å². The summed E-state index contributed by atoms with van der Waals surface area (Å²) in [7, 11) is 0. The van der Waals surface area contributed by atoms with E-state index in [0.717, 1.165) is 22.1 Å². The van der Waals surface area contributed by atoms with Gasteiger partial charge in [-0.15, -0.1) is 0 Å². The molecular weight excluding hydrogens is 268 g/mol. The first-order valence-corrected chi connectivity index (χ1v) is 6.16. The molecule has 0 fully saturated rings. The maximum absolute atomic E-state index is 11.5. The zero-order chi connectivity index (χ0) is 12.1. The highest BCUT2D eigenvalue weighted by Crippen LogP contribution is 2.19. The van der Waals surface area contributed by atoms with E-state index in [1.807, 2.05) is 39.0 Å². The molecule has 2 N–H and O–H groups in total. The normalized spacial score (nSPS) is 12.0. The molecule has 0 saturated carbocycles. The fourth-order valence-electron chi connectivity index (χ4n) is 1.22. The average Bonchev–Trinajstić information content (AvgIpc) is 2.23. The second-order valence-corrected chi connectivity index (χ2v) is 4.73. The van der Waals surface area contributed by atoms with Crippen LogP contribution >= 0.6 is 15.9 Å². The van der Waals surface area contributed by atoms with Gasteiger partial charge in [0.05, 0.1) is 0 Å². The Labute approximate surface area is 105 Å². The average molecular weight is 285 g/mol. The van der Waals surface area contributed by atoms with Gasteiger partial charge >= 0.3 is 6.03 Å². The lowest BCUT2D eigenvalue weighted by Crippen LogP contribution is -2.35. The molecule has 0 bridgehead atoms. The molecule has 0 saturated heterocycles. The van der Waals surface area contributed by atoms with E-state index in [2.05, 4.69) is 26.6 Å². The first kappa shape index (κ1) is 13.0. The second kappa shape index (κ2) is 5.89. The van der Waals surface area contributed by atoms with Crippen LogP contribution in [0, 0.1) is 6.92 Å². The number of carbonyl (C=O) groups is 1. The van der Waals surface area contributed by atoms with Crippen molar-refractivity contribution >= 4 is 27.6 Å². The summed E-state index contributed by atoms with van der Waals surface area (Å²) in [5.74, 6) is 0. The molecule has 1 aromatic rings. The standard InChI is InChI=1S/C12H17BrN2O/c1-4-9(3)14-12(16)15-10-5-6-11(13)8(2)7-10/h5-7,9H,4H2,1-3H3,(H2,14,15,16). The van der Waals surface area contributed by atoms with Gasteiger partial charge in [-0.3, -0.25) is 0 Å². The molecule has 16 heavy (non-hydrogen) atoms. The highest BCUT2D eigenvalue weighted by molar-refractivity contribution is 9.10. The third kappa shape index (κ3) is 3.85. The molecule has 0 aliphatic heterocycles. The van der Waals surface area contributed by atoms with Gasteiger partial charge in [-0.2, -0.15) is 0 Å². The SMILES string of the molecule is CCC(C)NC(=O)Nc1ccc(Br)c(C)c1. The minimum Gasteiger partial charge on any atom is -0.335 e.